The molecule has 9 heteroatoms. The summed E-state index contributed by atoms with van der Waals surface area (Å²) in [5.41, 5.74) is 2.03. The van der Waals surface area contributed by atoms with Gasteiger partial charge in [-0.3, -0.25) is 4.79 Å². The van der Waals surface area contributed by atoms with E-state index in [1.165, 1.54) is 4.80 Å². The van der Waals surface area contributed by atoms with Gasteiger partial charge in [0.1, 0.15) is 6.54 Å². The average molecular weight is 384 g/mol. The molecule has 1 aromatic carbocycles. The number of hydrogen-bond acceptors (Lipinski definition) is 7. The second kappa shape index (κ2) is 8.28. The number of anilines is 1. The maximum Gasteiger partial charge on any atom is 0.243 e. The predicted octanol–water partition coefficient (Wildman–Crippen LogP) is 1.55. The number of carbonyl (C=O) groups excluding carboxylic acids is 1. The summed E-state index contributed by atoms with van der Waals surface area (Å²) in [6.07, 6.45) is 0. The van der Waals surface area contributed by atoms with Crippen LogP contribution in [0.3, 0.4) is 0 Å². The number of thiophene rings is 1. The van der Waals surface area contributed by atoms with Crippen LogP contribution in [0.2, 0.25) is 0 Å². The fourth-order valence-corrected chi connectivity index (χ4v) is 3.50. The van der Waals surface area contributed by atoms with Gasteiger partial charge in [0.2, 0.25) is 11.7 Å². The third kappa shape index (κ3) is 4.50. The van der Waals surface area contributed by atoms with Crippen LogP contribution in [0.5, 0.6) is 0 Å². The third-order valence-corrected chi connectivity index (χ3v) is 5.16. The van der Waals surface area contributed by atoms with E-state index in [9.17, 15) is 4.79 Å². The van der Waals surface area contributed by atoms with E-state index in [0.29, 0.717) is 12.4 Å². The minimum atomic E-state index is -0.144. The molecule has 2 aromatic heterocycles. The van der Waals surface area contributed by atoms with Crippen LogP contribution in [0.25, 0.3) is 11.4 Å². The van der Waals surface area contributed by atoms with Gasteiger partial charge >= 0.3 is 0 Å². The number of carbonyl (C=O) groups is 1. The lowest BCUT2D eigenvalue weighted by molar-refractivity contribution is -0.122. The topological polar surface area (TPSA) is 85.2 Å². The van der Waals surface area contributed by atoms with Crippen molar-refractivity contribution in [3.8, 4) is 11.4 Å². The molecule has 4 rings (SSSR count). The van der Waals surface area contributed by atoms with Crippen LogP contribution in [-0.4, -0.2) is 52.4 Å². The van der Waals surface area contributed by atoms with E-state index in [4.69, 9.17) is 4.74 Å². The highest BCUT2D eigenvalue weighted by molar-refractivity contribution is 7.09. The van der Waals surface area contributed by atoms with Gasteiger partial charge in [-0.15, -0.1) is 21.5 Å². The Morgan fingerprint density at radius 3 is 2.74 bits per heavy atom. The summed E-state index contributed by atoms with van der Waals surface area (Å²) < 4.78 is 5.38. The molecular weight excluding hydrogens is 364 g/mol. The summed E-state index contributed by atoms with van der Waals surface area (Å²) in [5, 5.41) is 17.2. The van der Waals surface area contributed by atoms with Crippen molar-refractivity contribution < 1.29 is 9.53 Å². The van der Waals surface area contributed by atoms with Gasteiger partial charge in [0, 0.05) is 29.2 Å². The third-order valence-electron chi connectivity index (χ3n) is 4.28. The summed E-state index contributed by atoms with van der Waals surface area (Å²) in [4.78, 5) is 16.7. The Labute approximate surface area is 160 Å². The van der Waals surface area contributed by atoms with Crippen molar-refractivity contribution >= 4 is 22.9 Å². The molecule has 1 aliphatic heterocycles. The molecule has 0 saturated carbocycles. The van der Waals surface area contributed by atoms with Crippen LogP contribution in [-0.2, 0) is 22.6 Å². The molecule has 1 aliphatic rings. The van der Waals surface area contributed by atoms with Crippen LogP contribution < -0.4 is 10.2 Å². The van der Waals surface area contributed by atoms with Crippen LogP contribution >= 0.6 is 11.3 Å². The average Bonchev–Trinajstić information content (AvgIpc) is 3.39. The summed E-state index contributed by atoms with van der Waals surface area (Å²) in [6, 6.07) is 12.0. The van der Waals surface area contributed by atoms with E-state index in [-0.39, 0.29) is 12.5 Å². The Morgan fingerprint density at radius 2 is 2.00 bits per heavy atom. The molecule has 1 fully saturated rings. The molecule has 1 saturated heterocycles. The standard InChI is InChI=1S/C18H20N6O2S/c25-17(19-12-16-2-1-11-27-16)13-24-21-18(20-22-24)14-3-5-15(6-4-14)23-7-9-26-10-8-23/h1-6,11H,7-10,12-13H2,(H,19,25). The highest BCUT2D eigenvalue weighted by Gasteiger charge is 2.13. The summed E-state index contributed by atoms with van der Waals surface area (Å²) in [5.74, 6) is 0.365. The number of amides is 1. The lowest BCUT2D eigenvalue weighted by Crippen LogP contribution is -2.36. The first-order valence-electron chi connectivity index (χ1n) is 8.78. The smallest absolute Gasteiger partial charge is 0.243 e. The minimum Gasteiger partial charge on any atom is -0.378 e. The van der Waals surface area contributed by atoms with E-state index in [1.54, 1.807) is 11.3 Å². The fourth-order valence-electron chi connectivity index (χ4n) is 2.85. The van der Waals surface area contributed by atoms with Crippen molar-refractivity contribution in [3.63, 3.8) is 0 Å². The van der Waals surface area contributed by atoms with E-state index in [1.807, 2.05) is 29.6 Å². The molecule has 1 amide bonds. The van der Waals surface area contributed by atoms with Crippen molar-refractivity contribution in [1.82, 2.24) is 25.5 Å². The normalized spacial score (nSPS) is 14.3. The van der Waals surface area contributed by atoms with Gasteiger partial charge in [-0.25, -0.2) is 0 Å². The van der Waals surface area contributed by atoms with Crippen molar-refractivity contribution in [2.24, 2.45) is 0 Å². The molecule has 3 heterocycles. The van der Waals surface area contributed by atoms with Crippen molar-refractivity contribution in [2.75, 3.05) is 31.2 Å². The van der Waals surface area contributed by atoms with Gasteiger partial charge in [-0.05, 0) is 40.9 Å². The Morgan fingerprint density at radius 1 is 1.19 bits per heavy atom. The Hall–Kier alpha value is -2.78. The molecule has 8 nitrogen and oxygen atoms in total. The van der Waals surface area contributed by atoms with Gasteiger partial charge in [-0.1, -0.05) is 6.07 Å². The minimum absolute atomic E-state index is 0.0459. The summed E-state index contributed by atoms with van der Waals surface area (Å²) >= 11 is 1.61. The second-order valence-electron chi connectivity index (χ2n) is 6.15. The number of nitrogens with zero attached hydrogens (tertiary/aromatic N) is 5. The Kier molecular flexibility index (Phi) is 5.40. The molecule has 0 aliphatic carbocycles. The van der Waals surface area contributed by atoms with Gasteiger partial charge in [-0.2, -0.15) is 4.80 Å². The number of tetrazole rings is 1. The fraction of sp³-hybridized carbons (Fsp3) is 0.333. The Bertz CT molecular complexity index is 872. The van der Waals surface area contributed by atoms with Crippen molar-refractivity contribution in [2.45, 2.75) is 13.1 Å². The lowest BCUT2D eigenvalue weighted by atomic mass is 10.2. The summed E-state index contributed by atoms with van der Waals surface area (Å²) in [6.45, 7) is 3.87. The highest BCUT2D eigenvalue weighted by Crippen LogP contribution is 2.21. The van der Waals surface area contributed by atoms with Crippen LogP contribution in [0, 0.1) is 0 Å². The number of benzene rings is 1. The largest absolute Gasteiger partial charge is 0.378 e. The number of rotatable bonds is 6. The number of morpholine rings is 1. The Balaban J connectivity index is 1.35. The molecule has 140 valence electrons. The zero-order valence-electron chi connectivity index (χ0n) is 14.7. The van der Waals surface area contributed by atoms with Gasteiger partial charge in [0.15, 0.2) is 0 Å². The molecule has 0 unspecified atom stereocenters. The van der Waals surface area contributed by atoms with Gasteiger partial charge in [0.25, 0.3) is 0 Å². The van der Waals surface area contributed by atoms with Gasteiger partial charge < -0.3 is 15.0 Å². The quantitative estimate of drug-likeness (QED) is 0.694. The molecule has 3 aromatic rings. The van der Waals surface area contributed by atoms with E-state index in [2.05, 4.69) is 37.8 Å². The number of ether oxygens (including phenoxy) is 1. The molecular formula is C18H20N6O2S. The van der Waals surface area contributed by atoms with E-state index in [0.717, 1.165) is 42.4 Å². The van der Waals surface area contributed by atoms with Crippen LogP contribution in [0.1, 0.15) is 4.88 Å². The number of aromatic nitrogens is 4. The molecule has 0 spiro atoms. The predicted molar refractivity (Wildman–Crippen MR) is 102 cm³/mol. The monoisotopic (exact) mass is 384 g/mol. The van der Waals surface area contributed by atoms with Crippen molar-refractivity contribution in [1.29, 1.82) is 0 Å². The highest BCUT2D eigenvalue weighted by atomic mass is 32.1. The zero-order valence-corrected chi connectivity index (χ0v) is 15.6. The molecule has 1 N–H and O–H groups in total. The molecule has 0 atom stereocenters. The summed E-state index contributed by atoms with van der Waals surface area (Å²) in [7, 11) is 0. The first-order valence-corrected chi connectivity index (χ1v) is 9.66. The van der Waals surface area contributed by atoms with E-state index >= 15 is 0 Å². The molecule has 0 bridgehead atoms. The van der Waals surface area contributed by atoms with E-state index < -0.39 is 0 Å². The number of nitrogens with one attached hydrogen (secondary N) is 1. The molecule has 27 heavy (non-hydrogen) atoms. The maximum atomic E-state index is 12.0. The second-order valence-corrected chi connectivity index (χ2v) is 7.18. The zero-order chi connectivity index (χ0) is 18.5. The molecule has 0 radical (unpaired) electrons. The van der Waals surface area contributed by atoms with Crippen LogP contribution in [0.4, 0.5) is 5.69 Å². The van der Waals surface area contributed by atoms with Gasteiger partial charge in [0.05, 0.1) is 19.8 Å². The van der Waals surface area contributed by atoms with Crippen molar-refractivity contribution in [3.05, 3.63) is 46.7 Å². The SMILES string of the molecule is O=C(Cn1nnc(-c2ccc(N3CCOCC3)cc2)n1)NCc1cccs1. The lowest BCUT2D eigenvalue weighted by Gasteiger charge is -2.28. The number of hydrogen-bond donors (Lipinski definition) is 1. The first-order chi connectivity index (χ1) is 13.3. The van der Waals surface area contributed by atoms with Crippen LogP contribution in [0.15, 0.2) is 41.8 Å². The first kappa shape index (κ1) is 17.6. The maximum absolute atomic E-state index is 12.0.